The molecule has 3 rings (SSSR count). The van der Waals surface area contributed by atoms with E-state index in [2.05, 4.69) is 5.32 Å². The molecule has 0 bridgehead atoms. The number of piperazine rings is 1. The molecule has 2 aliphatic heterocycles. The van der Waals surface area contributed by atoms with Crippen molar-refractivity contribution in [1.29, 1.82) is 0 Å². The molecule has 1 amide bonds. The summed E-state index contributed by atoms with van der Waals surface area (Å²) in [5.41, 5.74) is 0. The fraction of sp³-hybridized carbons (Fsp3) is 0.588. The predicted molar refractivity (Wildman–Crippen MR) is 97.0 cm³/mol. The van der Waals surface area contributed by atoms with Crippen molar-refractivity contribution in [2.24, 2.45) is 5.92 Å². The van der Waals surface area contributed by atoms with Crippen LogP contribution in [0.2, 0.25) is 5.02 Å². The molecule has 0 saturated carbocycles. The lowest BCUT2D eigenvalue weighted by atomic mass is 9.95. The number of nitrogens with zero attached hydrogens (tertiary/aromatic N) is 2. The topological polar surface area (TPSA) is 69.7 Å². The number of halogens is 1. The molecule has 2 heterocycles. The van der Waals surface area contributed by atoms with E-state index in [9.17, 15) is 13.2 Å². The SMILES string of the molecule is C[C@@H]1CNCCN1C(=O)C1CCN(S(=O)(=O)c2ccc(Cl)cc2)CC1. The van der Waals surface area contributed by atoms with Gasteiger partial charge in [0, 0.05) is 49.7 Å². The number of sulfonamides is 1. The zero-order valence-electron chi connectivity index (χ0n) is 14.3. The monoisotopic (exact) mass is 385 g/mol. The molecule has 2 aliphatic rings. The highest BCUT2D eigenvalue weighted by atomic mass is 35.5. The average molecular weight is 386 g/mol. The number of benzene rings is 1. The summed E-state index contributed by atoms with van der Waals surface area (Å²) in [6.45, 7) is 5.16. The number of amides is 1. The van der Waals surface area contributed by atoms with Crippen LogP contribution in [0.1, 0.15) is 19.8 Å². The average Bonchev–Trinajstić information content (AvgIpc) is 2.62. The number of hydrogen-bond acceptors (Lipinski definition) is 4. The largest absolute Gasteiger partial charge is 0.337 e. The van der Waals surface area contributed by atoms with Crippen molar-refractivity contribution in [2.45, 2.75) is 30.7 Å². The molecule has 138 valence electrons. The van der Waals surface area contributed by atoms with Crippen LogP contribution in [0.25, 0.3) is 0 Å². The van der Waals surface area contributed by atoms with Crippen molar-refractivity contribution < 1.29 is 13.2 Å². The van der Waals surface area contributed by atoms with E-state index in [1.54, 1.807) is 12.1 Å². The Morgan fingerprint density at radius 1 is 1.16 bits per heavy atom. The highest BCUT2D eigenvalue weighted by Crippen LogP contribution is 2.26. The lowest BCUT2D eigenvalue weighted by Crippen LogP contribution is -2.55. The van der Waals surface area contributed by atoms with Gasteiger partial charge in [-0.05, 0) is 44.0 Å². The van der Waals surface area contributed by atoms with E-state index in [4.69, 9.17) is 11.6 Å². The summed E-state index contributed by atoms with van der Waals surface area (Å²) >= 11 is 5.83. The zero-order chi connectivity index (χ0) is 18.0. The highest BCUT2D eigenvalue weighted by molar-refractivity contribution is 7.89. The van der Waals surface area contributed by atoms with Gasteiger partial charge in [-0.3, -0.25) is 4.79 Å². The lowest BCUT2D eigenvalue weighted by Gasteiger charge is -2.38. The minimum atomic E-state index is -3.52. The van der Waals surface area contributed by atoms with Gasteiger partial charge in [0.1, 0.15) is 0 Å². The smallest absolute Gasteiger partial charge is 0.243 e. The zero-order valence-corrected chi connectivity index (χ0v) is 15.9. The second kappa shape index (κ2) is 7.61. The van der Waals surface area contributed by atoms with Crippen LogP contribution < -0.4 is 5.32 Å². The molecule has 2 fully saturated rings. The first kappa shape index (κ1) is 18.6. The first-order chi connectivity index (χ1) is 11.9. The summed E-state index contributed by atoms with van der Waals surface area (Å²) in [6.07, 6.45) is 1.14. The van der Waals surface area contributed by atoms with Crippen LogP contribution in [-0.2, 0) is 14.8 Å². The van der Waals surface area contributed by atoms with E-state index in [0.717, 1.165) is 19.6 Å². The minimum Gasteiger partial charge on any atom is -0.337 e. The number of rotatable bonds is 3. The van der Waals surface area contributed by atoms with Gasteiger partial charge < -0.3 is 10.2 Å². The summed E-state index contributed by atoms with van der Waals surface area (Å²) in [6, 6.07) is 6.40. The fourth-order valence-corrected chi connectivity index (χ4v) is 5.10. The summed E-state index contributed by atoms with van der Waals surface area (Å²) in [5.74, 6) is 0.0785. The molecule has 0 aliphatic carbocycles. The van der Waals surface area contributed by atoms with Gasteiger partial charge in [0.25, 0.3) is 0 Å². The van der Waals surface area contributed by atoms with Crippen LogP contribution >= 0.6 is 11.6 Å². The maximum Gasteiger partial charge on any atom is 0.243 e. The molecule has 1 aromatic rings. The van der Waals surface area contributed by atoms with Gasteiger partial charge in [-0.25, -0.2) is 8.42 Å². The Morgan fingerprint density at radius 3 is 2.40 bits per heavy atom. The van der Waals surface area contributed by atoms with E-state index in [-0.39, 0.29) is 22.8 Å². The van der Waals surface area contributed by atoms with E-state index < -0.39 is 10.0 Å². The minimum absolute atomic E-state index is 0.0859. The molecule has 25 heavy (non-hydrogen) atoms. The number of carbonyl (C=O) groups is 1. The summed E-state index contributed by atoms with van der Waals surface area (Å²) in [7, 11) is -3.52. The number of carbonyl (C=O) groups excluding carboxylic acids is 1. The molecule has 1 aromatic carbocycles. The first-order valence-electron chi connectivity index (χ1n) is 8.66. The van der Waals surface area contributed by atoms with E-state index in [1.165, 1.54) is 16.4 Å². The van der Waals surface area contributed by atoms with Crippen LogP contribution in [-0.4, -0.2) is 62.3 Å². The first-order valence-corrected chi connectivity index (χ1v) is 10.5. The Kier molecular flexibility index (Phi) is 5.68. The van der Waals surface area contributed by atoms with Gasteiger partial charge in [0.15, 0.2) is 0 Å². The van der Waals surface area contributed by atoms with Crippen molar-refractivity contribution >= 4 is 27.5 Å². The van der Waals surface area contributed by atoms with Gasteiger partial charge in [0.05, 0.1) is 4.90 Å². The van der Waals surface area contributed by atoms with Crippen molar-refractivity contribution in [1.82, 2.24) is 14.5 Å². The third-order valence-corrected chi connectivity index (χ3v) is 7.20. The van der Waals surface area contributed by atoms with Gasteiger partial charge in [-0.2, -0.15) is 4.31 Å². The maximum absolute atomic E-state index is 12.7. The van der Waals surface area contributed by atoms with Crippen molar-refractivity contribution in [3.63, 3.8) is 0 Å². The van der Waals surface area contributed by atoms with Crippen LogP contribution in [0.4, 0.5) is 0 Å². The van der Waals surface area contributed by atoms with Gasteiger partial charge >= 0.3 is 0 Å². The second-order valence-electron chi connectivity index (χ2n) is 6.72. The maximum atomic E-state index is 12.7. The predicted octanol–water partition coefficient (Wildman–Crippen LogP) is 1.56. The molecule has 6 nitrogen and oxygen atoms in total. The number of piperidine rings is 1. The third kappa shape index (κ3) is 4.00. The van der Waals surface area contributed by atoms with Gasteiger partial charge in [-0.15, -0.1) is 0 Å². The van der Waals surface area contributed by atoms with Crippen molar-refractivity contribution in [3.8, 4) is 0 Å². The summed E-state index contributed by atoms with van der Waals surface area (Å²) < 4.78 is 26.9. The van der Waals surface area contributed by atoms with Crippen molar-refractivity contribution in [2.75, 3.05) is 32.7 Å². The Balaban J connectivity index is 1.63. The Labute approximate surface area is 154 Å². The van der Waals surface area contributed by atoms with Crippen molar-refractivity contribution in [3.05, 3.63) is 29.3 Å². The number of hydrogen-bond donors (Lipinski definition) is 1. The van der Waals surface area contributed by atoms with E-state index >= 15 is 0 Å². The number of nitrogens with one attached hydrogen (secondary N) is 1. The highest BCUT2D eigenvalue weighted by Gasteiger charge is 2.35. The third-order valence-electron chi connectivity index (χ3n) is 5.04. The summed E-state index contributed by atoms with van der Waals surface area (Å²) in [4.78, 5) is 14.9. The van der Waals surface area contributed by atoms with Crippen LogP contribution in [0, 0.1) is 5.92 Å². The molecule has 0 unspecified atom stereocenters. The molecular formula is C17H24ClN3O3S. The molecule has 0 aromatic heterocycles. The Hall–Kier alpha value is -1.15. The van der Waals surface area contributed by atoms with Crippen LogP contribution in [0.15, 0.2) is 29.2 Å². The van der Waals surface area contributed by atoms with E-state index in [0.29, 0.717) is 31.0 Å². The standard InChI is InChI=1S/C17H24ClN3O3S/c1-13-12-19-8-11-21(13)17(22)14-6-9-20(10-7-14)25(23,24)16-4-2-15(18)3-5-16/h2-5,13-14,19H,6-12H2,1H3/t13-/m1/s1. The molecule has 1 N–H and O–H groups in total. The molecular weight excluding hydrogens is 362 g/mol. The molecule has 0 spiro atoms. The van der Waals surface area contributed by atoms with Gasteiger partial charge in [0.2, 0.25) is 15.9 Å². The Bertz CT molecular complexity index is 715. The Morgan fingerprint density at radius 2 is 1.80 bits per heavy atom. The van der Waals surface area contributed by atoms with Crippen LogP contribution in [0.5, 0.6) is 0 Å². The second-order valence-corrected chi connectivity index (χ2v) is 9.09. The molecule has 2 saturated heterocycles. The van der Waals surface area contributed by atoms with Crippen LogP contribution in [0.3, 0.4) is 0 Å². The van der Waals surface area contributed by atoms with E-state index in [1.807, 2.05) is 11.8 Å². The fourth-order valence-electron chi connectivity index (χ4n) is 3.50. The normalized spacial score (nSPS) is 23.6. The van der Waals surface area contributed by atoms with Gasteiger partial charge in [-0.1, -0.05) is 11.6 Å². The molecule has 0 radical (unpaired) electrons. The molecule has 1 atom stereocenters. The summed E-state index contributed by atoms with van der Waals surface area (Å²) in [5, 5.41) is 3.79. The molecule has 8 heteroatoms. The quantitative estimate of drug-likeness (QED) is 0.857. The lowest BCUT2D eigenvalue weighted by molar-refractivity contribution is -0.139.